The van der Waals surface area contributed by atoms with Crippen LogP contribution in [0.1, 0.15) is 34.6 Å². The summed E-state index contributed by atoms with van der Waals surface area (Å²) in [4.78, 5) is 4.87. The fraction of sp³-hybridized carbons (Fsp3) is 1.00. The molecule has 0 aromatic heterocycles. The van der Waals surface area contributed by atoms with E-state index in [0.717, 1.165) is 19.6 Å². The molecule has 1 atom stereocenters. The van der Waals surface area contributed by atoms with Gasteiger partial charge in [0.15, 0.2) is 0 Å². The van der Waals surface area contributed by atoms with Crippen LogP contribution in [0.25, 0.3) is 0 Å². The second kappa shape index (κ2) is 4.81. The van der Waals surface area contributed by atoms with Crippen LogP contribution in [0, 0.1) is 0 Å². The lowest BCUT2D eigenvalue weighted by molar-refractivity contribution is -0.0135. The molecule has 3 nitrogen and oxygen atoms in total. The molecule has 0 spiro atoms. The van der Waals surface area contributed by atoms with Crippen LogP contribution in [0.15, 0.2) is 0 Å². The maximum Gasteiger partial charge on any atom is 0.0599 e. The third kappa shape index (κ3) is 3.16. The predicted octanol–water partition coefficient (Wildman–Crippen LogP) is 1.17. The molecule has 0 bridgehead atoms. The summed E-state index contributed by atoms with van der Waals surface area (Å²) in [6.07, 6.45) is 0. The van der Waals surface area contributed by atoms with Gasteiger partial charge in [-0.2, -0.15) is 0 Å². The molecule has 1 heterocycles. The Morgan fingerprint density at radius 3 is 2.27 bits per heavy atom. The lowest BCUT2D eigenvalue weighted by Gasteiger charge is -2.47. The minimum absolute atomic E-state index is 0.219. The summed E-state index contributed by atoms with van der Waals surface area (Å²) < 4.78 is 0. The first-order valence-electron chi connectivity index (χ1n) is 5.98. The molecule has 0 amide bonds. The molecule has 1 fully saturated rings. The Morgan fingerprint density at radius 1 is 1.27 bits per heavy atom. The Bertz CT molecular complexity index is 198. The molecular weight excluding hydrogens is 188 g/mol. The average molecular weight is 214 g/mol. The van der Waals surface area contributed by atoms with Gasteiger partial charge in [0.05, 0.1) is 6.61 Å². The van der Waals surface area contributed by atoms with Gasteiger partial charge in [0.25, 0.3) is 0 Å². The summed E-state index contributed by atoms with van der Waals surface area (Å²) in [5.41, 5.74) is 0.219. The smallest absolute Gasteiger partial charge is 0.0599 e. The van der Waals surface area contributed by atoms with Crippen molar-refractivity contribution < 1.29 is 5.11 Å². The van der Waals surface area contributed by atoms with E-state index in [1.807, 2.05) is 0 Å². The van der Waals surface area contributed by atoms with Gasteiger partial charge in [-0.1, -0.05) is 0 Å². The first-order valence-corrected chi connectivity index (χ1v) is 5.98. The maximum atomic E-state index is 9.43. The number of aliphatic hydroxyl groups is 1. The minimum atomic E-state index is 0.219. The van der Waals surface area contributed by atoms with E-state index in [9.17, 15) is 5.11 Å². The third-order valence-corrected chi connectivity index (χ3v) is 3.35. The highest BCUT2D eigenvalue weighted by atomic mass is 16.3. The molecule has 0 aliphatic carbocycles. The molecule has 1 saturated heterocycles. The third-order valence-electron chi connectivity index (χ3n) is 3.35. The largest absolute Gasteiger partial charge is 0.395 e. The highest BCUT2D eigenvalue weighted by molar-refractivity contribution is 4.88. The summed E-state index contributed by atoms with van der Waals surface area (Å²) in [5.74, 6) is 0. The number of nitrogens with zero attached hydrogens (tertiary/aromatic N) is 2. The lowest BCUT2D eigenvalue weighted by atomic mass is 10.0. The van der Waals surface area contributed by atoms with Crippen molar-refractivity contribution in [3.8, 4) is 0 Å². The van der Waals surface area contributed by atoms with Crippen molar-refractivity contribution in [2.24, 2.45) is 0 Å². The first kappa shape index (κ1) is 12.9. The molecule has 15 heavy (non-hydrogen) atoms. The van der Waals surface area contributed by atoms with Crippen molar-refractivity contribution in [1.82, 2.24) is 9.80 Å². The average Bonchev–Trinajstić information content (AvgIpc) is 2.15. The van der Waals surface area contributed by atoms with Crippen molar-refractivity contribution in [3.05, 3.63) is 0 Å². The number of piperazine rings is 1. The van der Waals surface area contributed by atoms with Crippen molar-refractivity contribution in [2.45, 2.75) is 52.2 Å². The summed E-state index contributed by atoms with van der Waals surface area (Å²) in [6, 6.07) is 0.835. The molecule has 0 radical (unpaired) electrons. The lowest BCUT2D eigenvalue weighted by Crippen LogP contribution is -2.60. The van der Waals surface area contributed by atoms with Gasteiger partial charge >= 0.3 is 0 Å². The molecule has 1 aliphatic heterocycles. The molecule has 3 heteroatoms. The van der Waals surface area contributed by atoms with Crippen LogP contribution in [0.2, 0.25) is 0 Å². The first-order chi connectivity index (χ1) is 6.86. The molecule has 1 rings (SSSR count). The maximum absolute atomic E-state index is 9.43. The zero-order valence-corrected chi connectivity index (χ0v) is 10.8. The SMILES string of the molecule is CC(C)N1CCN(C(C)(C)C)CC1CO. The zero-order chi connectivity index (χ0) is 11.6. The second-order valence-corrected chi connectivity index (χ2v) is 5.78. The van der Waals surface area contributed by atoms with E-state index in [1.54, 1.807) is 0 Å². The van der Waals surface area contributed by atoms with Gasteiger partial charge in [0, 0.05) is 37.3 Å². The molecule has 0 aromatic rings. The van der Waals surface area contributed by atoms with E-state index in [2.05, 4.69) is 44.4 Å². The Morgan fingerprint density at radius 2 is 1.87 bits per heavy atom. The van der Waals surface area contributed by atoms with Crippen LogP contribution in [0.4, 0.5) is 0 Å². The Balaban J connectivity index is 2.63. The molecule has 0 saturated carbocycles. The Kier molecular flexibility index (Phi) is 4.15. The minimum Gasteiger partial charge on any atom is -0.395 e. The molecular formula is C12H26N2O. The number of rotatable bonds is 2. The van der Waals surface area contributed by atoms with E-state index >= 15 is 0 Å². The van der Waals surface area contributed by atoms with Crippen LogP contribution in [-0.4, -0.2) is 58.8 Å². The van der Waals surface area contributed by atoms with Gasteiger partial charge in [-0.15, -0.1) is 0 Å². The molecule has 1 aliphatic rings. The summed E-state index contributed by atoms with van der Waals surface area (Å²) in [6.45, 7) is 14.6. The summed E-state index contributed by atoms with van der Waals surface area (Å²) >= 11 is 0. The standard InChI is InChI=1S/C12H26N2O/c1-10(2)14-7-6-13(12(3,4)5)8-11(14)9-15/h10-11,15H,6-9H2,1-5H3. The predicted molar refractivity (Wildman–Crippen MR) is 64.0 cm³/mol. The van der Waals surface area contributed by atoms with Crippen molar-refractivity contribution in [2.75, 3.05) is 26.2 Å². The Hall–Kier alpha value is -0.120. The van der Waals surface area contributed by atoms with Crippen LogP contribution in [0.3, 0.4) is 0 Å². The van der Waals surface area contributed by atoms with Crippen molar-refractivity contribution >= 4 is 0 Å². The molecule has 0 aromatic carbocycles. The van der Waals surface area contributed by atoms with E-state index in [1.165, 1.54) is 0 Å². The number of hydrogen-bond donors (Lipinski definition) is 1. The quantitative estimate of drug-likeness (QED) is 0.747. The summed E-state index contributed by atoms with van der Waals surface area (Å²) in [5, 5.41) is 9.43. The van der Waals surface area contributed by atoms with Crippen LogP contribution >= 0.6 is 0 Å². The van der Waals surface area contributed by atoms with Crippen LogP contribution < -0.4 is 0 Å². The van der Waals surface area contributed by atoms with Crippen molar-refractivity contribution in [1.29, 1.82) is 0 Å². The van der Waals surface area contributed by atoms with E-state index in [0.29, 0.717) is 12.1 Å². The molecule has 1 unspecified atom stereocenters. The van der Waals surface area contributed by atoms with Gasteiger partial charge in [-0.3, -0.25) is 9.80 Å². The van der Waals surface area contributed by atoms with E-state index < -0.39 is 0 Å². The van der Waals surface area contributed by atoms with Gasteiger partial charge in [0.2, 0.25) is 0 Å². The Labute approximate surface area is 94.1 Å². The van der Waals surface area contributed by atoms with Gasteiger partial charge in [-0.25, -0.2) is 0 Å². The monoisotopic (exact) mass is 214 g/mol. The topological polar surface area (TPSA) is 26.7 Å². The highest BCUT2D eigenvalue weighted by Gasteiger charge is 2.32. The van der Waals surface area contributed by atoms with Crippen LogP contribution in [0.5, 0.6) is 0 Å². The normalized spacial score (nSPS) is 26.2. The highest BCUT2D eigenvalue weighted by Crippen LogP contribution is 2.20. The van der Waals surface area contributed by atoms with Gasteiger partial charge in [-0.05, 0) is 34.6 Å². The molecule has 1 N–H and O–H groups in total. The number of hydrogen-bond acceptors (Lipinski definition) is 3. The van der Waals surface area contributed by atoms with Gasteiger partial charge < -0.3 is 5.11 Å². The fourth-order valence-electron chi connectivity index (χ4n) is 2.32. The zero-order valence-electron chi connectivity index (χ0n) is 10.8. The van der Waals surface area contributed by atoms with Crippen LogP contribution in [-0.2, 0) is 0 Å². The second-order valence-electron chi connectivity index (χ2n) is 5.78. The van der Waals surface area contributed by atoms with E-state index in [4.69, 9.17) is 0 Å². The van der Waals surface area contributed by atoms with Crippen molar-refractivity contribution in [3.63, 3.8) is 0 Å². The number of aliphatic hydroxyl groups excluding tert-OH is 1. The summed E-state index contributed by atoms with van der Waals surface area (Å²) in [7, 11) is 0. The van der Waals surface area contributed by atoms with E-state index in [-0.39, 0.29) is 12.1 Å². The fourth-order valence-corrected chi connectivity index (χ4v) is 2.32. The molecule has 90 valence electrons. The van der Waals surface area contributed by atoms with Gasteiger partial charge in [0.1, 0.15) is 0 Å².